The number of rotatable bonds is 11. The molecule has 0 radical (unpaired) electrons. The van der Waals surface area contributed by atoms with Gasteiger partial charge >= 0.3 is 5.97 Å². The molecule has 1 aliphatic rings. The van der Waals surface area contributed by atoms with Crippen molar-refractivity contribution in [3.05, 3.63) is 83.9 Å². The number of aliphatic carboxylic acids is 1. The number of benzene rings is 3. The van der Waals surface area contributed by atoms with Crippen molar-refractivity contribution in [2.45, 2.75) is 13.5 Å². The lowest BCUT2D eigenvalue weighted by Crippen LogP contribution is -2.49. The Kier molecular flexibility index (Phi) is 9.53. The average Bonchev–Trinajstić information content (AvgIpc) is 2.96. The zero-order valence-corrected chi connectivity index (χ0v) is 22.2. The van der Waals surface area contributed by atoms with E-state index in [9.17, 15) is 9.59 Å². The number of hydrogen-bond acceptors (Lipinski definition) is 7. The lowest BCUT2D eigenvalue weighted by molar-refractivity contribution is -0.142. The Bertz CT molecular complexity index is 1300. The summed E-state index contributed by atoms with van der Waals surface area (Å²) in [5.74, 6) is 0.380. The Morgan fingerprint density at radius 1 is 0.872 bits per heavy atom. The van der Waals surface area contributed by atoms with Crippen molar-refractivity contribution in [2.24, 2.45) is 5.16 Å². The van der Waals surface area contributed by atoms with Gasteiger partial charge in [-0.3, -0.25) is 9.69 Å². The van der Waals surface area contributed by atoms with Crippen molar-refractivity contribution in [1.29, 1.82) is 0 Å². The topological polar surface area (TPSA) is 101 Å². The van der Waals surface area contributed by atoms with Gasteiger partial charge in [-0.1, -0.05) is 53.7 Å². The minimum Gasteiger partial charge on any atom is -0.497 e. The fraction of sp³-hybridized carbons (Fsp3) is 0.300. The van der Waals surface area contributed by atoms with Gasteiger partial charge in [0.1, 0.15) is 11.5 Å². The van der Waals surface area contributed by atoms with Gasteiger partial charge in [0.15, 0.2) is 6.61 Å². The van der Waals surface area contributed by atoms with Gasteiger partial charge in [0, 0.05) is 32.7 Å². The van der Waals surface area contributed by atoms with Crippen LogP contribution in [0.25, 0.3) is 11.1 Å². The molecule has 3 aromatic carbocycles. The standard InChI is InChI=1S/C30H33N3O6/c1-22(31-39-21-30(35)36)24-9-11-25(12-10-24)26-6-4-8-28(18-26)38-20-29(34)33-15-13-32(14-16-33)19-23-5-3-7-27(17-23)37-2/h3-12,17-18H,13-16,19-21H2,1-2H3,(H,35,36). The van der Waals surface area contributed by atoms with Crippen molar-refractivity contribution >= 4 is 17.6 Å². The summed E-state index contributed by atoms with van der Waals surface area (Å²) in [7, 11) is 1.67. The van der Waals surface area contributed by atoms with E-state index in [1.54, 1.807) is 14.0 Å². The number of carbonyl (C=O) groups excluding carboxylic acids is 1. The Balaban J connectivity index is 1.26. The van der Waals surface area contributed by atoms with Crippen LogP contribution in [0, 0.1) is 0 Å². The van der Waals surface area contributed by atoms with E-state index in [1.165, 1.54) is 5.56 Å². The van der Waals surface area contributed by atoms with Crippen LogP contribution in [0.1, 0.15) is 18.1 Å². The van der Waals surface area contributed by atoms with E-state index in [0.29, 0.717) is 24.6 Å². The van der Waals surface area contributed by atoms with E-state index in [-0.39, 0.29) is 12.5 Å². The van der Waals surface area contributed by atoms with E-state index in [0.717, 1.165) is 42.1 Å². The molecule has 0 bridgehead atoms. The van der Waals surface area contributed by atoms with Crippen molar-refractivity contribution in [1.82, 2.24) is 9.80 Å². The number of methoxy groups -OCH3 is 1. The summed E-state index contributed by atoms with van der Waals surface area (Å²) < 4.78 is 11.2. The smallest absolute Gasteiger partial charge is 0.344 e. The number of piperazine rings is 1. The van der Waals surface area contributed by atoms with E-state index >= 15 is 0 Å². The third kappa shape index (κ3) is 8.05. The van der Waals surface area contributed by atoms with Gasteiger partial charge in [-0.05, 0) is 53.4 Å². The van der Waals surface area contributed by atoms with Crippen LogP contribution >= 0.6 is 0 Å². The molecule has 0 spiro atoms. The highest BCUT2D eigenvalue weighted by atomic mass is 16.6. The first-order chi connectivity index (χ1) is 18.9. The lowest BCUT2D eigenvalue weighted by Gasteiger charge is -2.34. The number of carboxylic acid groups (broad SMARTS) is 1. The number of ether oxygens (including phenoxy) is 2. The lowest BCUT2D eigenvalue weighted by atomic mass is 10.0. The molecule has 4 rings (SSSR count). The monoisotopic (exact) mass is 531 g/mol. The van der Waals surface area contributed by atoms with E-state index in [4.69, 9.17) is 19.4 Å². The maximum absolute atomic E-state index is 12.8. The highest BCUT2D eigenvalue weighted by Crippen LogP contribution is 2.25. The van der Waals surface area contributed by atoms with Crippen LogP contribution in [0.4, 0.5) is 0 Å². The Labute approximate surface area is 228 Å². The minimum absolute atomic E-state index is 0.00965. The first-order valence-electron chi connectivity index (χ1n) is 12.8. The molecule has 0 unspecified atom stereocenters. The van der Waals surface area contributed by atoms with Gasteiger partial charge in [-0.25, -0.2) is 4.79 Å². The summed E-state index contributed by atoms with van der Waals surface area (Å²) >= 11 is 0. The summed E-state index contributed by atoms with van der Waals surface area (Å²) in [6.07, 6.45) is 0. The second-order valence-corrected chi connectivity index (χ2v) is 9.25. The second-order valence-electron chi connectivity index (χ2n) is 9.25. The van der Waals surface area contributed by atoms with Crippen LogP contribution in [0.2, 0.25) is 0 Å². The van der Waals surface area contributed by atoms with Crippen molar-refractivity contribution in [2.75, 3.05) is 46.5 Å². The predicted octanol–water partition coefficient (Wildman–Crippen LogP) is 3.91. The van der Waals surface area contributed by atoms with E-state index in [1.807, 2.05) is 71.6 Å². The molecule has 1 amide bonds. The molecule has 9 heteroatoms. The number of amides is 1. The van der Waals surface area contributed by atoms with Crippen LogP contribution in [0.3, 0.4) is 0 Å². The Morgan fingerprint density at radius 3 is 2.31 bits per heavy atom. The molecular formula is C30H33N3O6. The quantitative estimate of drug-likeness (QED) is 0.296. The summed E-state index contributed by atoms with van der Waals surface area (Å²) in [4.78, 5) is 32.4. The molecule has 3 aromatic rings. The van der Waals surface area contributed by atoms with Crippen LogP contribution in [0.5, 0.6) is 11.5 Å². The van der Waals surface area contributed by atoms with Gasteiger partial charge in [0.05, 0.1) is 12.8 Å². The highest BCUT2D eigenvalue weighted by Gasteiger charge is 2.21. The normalized spacial score (nSPS) is 14.1. The van der Waals surface area contributed by atoms with Crippen molar-refractivity contribution in [3.8, 4) is 22.6 Å². The first kappa shape index (κ1) is 27.7. The molecule has 39 heavy (non-hydrogen) atoms. The molecule has 204 valence electrons. The fourth-order valence-corrected chi connectivity index (χ4v) is 4.33. The minimum atomic E-state index is -1.08. The molecule has 9 nitrogen and oxygen atoms in total. The summed E-state index contributed by atoms with van der Waals surface area (Å²) in [6.45, 7) is 5.05. The van der Waals surface area contributed by atoms with Crippen LogP contribution in [-0.4, -0.2) is 79.0 Å². The Hall–Kier alpha value is -4.37. The molecule has 0 atom stereocenters. The van der Waals surface area contributed by atoms with Gasteiger partial charge in [0.2, 0.25) is 6.61 Å². The van der Waals surface area contributed by atoms with Crippen molar-refractivity contribution in [3.63, 3.8) is 0 Å². The van der Waals surface area contributed by atoms with Crippen LogP contribution in [-0.2, 0) is 21.0 Å². The number of carbonyl (C=O) groups is 2. The molecule has 0 aromatic heterocycles. The third-order valence-corrected chi connectivity index (χ3v) is 6.49. The van der Waals surface area contributed by atoms with Gasteiger partial charge < -0.3 is 24.3 Å². The Morgan fingerprint density at radius 2 is 1.59 bits per heavy atom. The van der Waals surface area contributed by atoms with Crippen LogP contribution < -0.4 is 9.47 Å². The van der Waals surface area contributed by atoms with Gasteiger partial charge in [0.25, 0.3) is 5.91 Å². The van der Waals surface area contributed by atoms with Gasteiger partial charge in [-0.15, -0.1) is 0 Å². The number of oxime groups is 1. The average molecular weight is 532 g/mol. The molecule has 0 saturated carbocycles. The van der Waals surface area contributed by atoms with Gasteiger partial charge in [-0.2, -0.15) is 0 Å². The molecule has 1 N–H and O–H groups in total. The maximum Gasteiger partial charge on any atom is 0.344 e. The molecule has 1 aliphatic heterocycles. The molecule has 0 aliphatic carbocycles. The number of nitrogens with zero attached hydrogens (tertiary/aromatic N) is 3. The zero-order valence-electron chi connectivity index (χ0n) is 22.2. The third-order valence-electron chi connectivity index (χ3n) is 6.49. The van der Waals surface area contributed by atoms with E-state index < -0.39 is 12.6 Å². The molecule has 1 saturated heterocycles. The van der Waals surface area contributed by atoms with Crippen LogP contribution in [0.15, 0.2) is 78.0 Å². The van der Waals surface area contributed by atoms with Crippen molar-refractivity contribution < 1.29 is 29.0 Å². The SMILES string of the molecule is COc1cccc(CN2CCN(C(=O)COc3cccc(-c4ccc(C(C)=NOCC(=O)O)cc4)c3)CC2)c1. The summed E-state index contributed by atoms with van der Waals surface area (Å²) in [5, 5.41) is 12.5. The largest absolute Gasteiger partial charge is 0.497 e. The molecule has 1 heterocycles. The summed E-state index contributed by atoms with van der Waals surface area (Å²) in [6, 6.07) is 23.4. The predicted molar refractivity (Wildman–Crippen MR) is 148 cm³/mol. The number of hydrogen-bond donors (Lipinski definition) is 1. The summed E-state index contributed by atoms with van der Waals surface area (Å²) in [5.41, 5.74) is 4.53. The molecular weight excluding hydrogens is 498 g/mol. The fourth-order valence-electron chi connectivity index (χ4n) is 4.33. The maximum atomic E-state index is 12.8. The zero-order chi connectivity index (χ0) is 27.6. The second kappa shape index (κ2) is 13.4. The molecule has 1 fully saturated rings. The first-order valence-corrected chi connectivity index (χ1v) is 12.8. The van der Waals surface area contributed by atoms with E-state index in [2.05, 4.69) is 16.1 Å². The highest BCUT2D eigenvalue weighted by molar-refractivity contribution is 5.98. The number of carboxylic acids is 1.